The number of carbonyl (C=O) groups excluding carboxylic acids is 1. The van der Waals surface area contributed by atoms with Crippen LogP contribution in [0.3, 0.4) is 0 Å². The Labute approximate surface area is 185 Å². The summed E-state index contributed by atoms with van der Waals surface area (Å²) in [7, 11) is 1.60. The predicted octanol–water partition coefficient (Wildman–Crippen LogP) is 3.66. The third-order valence-corrected chi connectivity index (χ3v) is 5.84. The lowest BCUT2D eigenvalue weighted by Crippen LogP contribution is -2.38. The molecule has 1 saturated heterocycles. The zero-order chi connectivity index (χ0) is 21.9. The normalized spacial score (nSPS) is 14.5. The van der Waals surface area contributed by atoms with Crippen molar-refractivity contribution in [2.75, 3.05) is 30.4 Å². The first-order chi connectivity index (χ1) is 15.7. The molecule has 0 saturated carbocycles. The summed E-state index contributed by atoms with van der Waals surface area (Å²) in [5, 5.41) is 16.4. The number of fused-ring (bicyclic) bond motifs is 1. The van der Waals surface area contributed by atoms with Gasteiger partial charge in [-0.3, -0.25) is 4.79 Å². The number of para-hydroxylation sites is 2. The molecule has 1 aliphatic heterocycles. The van der Waals surface area contributed by atoms with Gasteiger partial charge >= 0.3 is 0 Å². The zero-order valence-corrected chi connectivity index (χ0v) is 17.8. The molecule has 32 heavy (non-hydrogen) atoms. The minimum Gasteiger partial charge on any atom is -0.495 e. The van der Waals surface area contributed by atoms with Crippen LogP contribution in [0.5, 0.6) is 5.75 Å². The van der Waals surface area contributed by atoms with Gasteiger partial charge in [-0.2, -0.15) is 4.52 Å². The number of benzene rings is 2. The van der Waals surface area contributed by atoms with Crippen LogP contribution in [0.15, 0.2) is 66.7 Å². The Kier molecular flexibility index (Phi) is 5.41. The highest BCUT2D eigenvalue weighted by molar-refractivity contribution is 5.94. The number of ether oxygens (including phenoxy) is 1. The van der Waals surface area contributed by atoms with Gasteiger partial charge in [-0.25, -0.2) is 0 Å². The number of aromatic nitrogens is 4. The predicted molar refractivity (Wildman–Crippen MR) is 123 cm³/mol. The van der Waals surface area contributed by atoms with E-state index in [4.69, 9.17) is 9.84 Å². The van der Waals surface area contributed by atoms with E-state index in [1.54, 1.807) is 11.6 Å². The fourth-order valence-electron chi connectivity index (χ4n) is 4.07. The van der Waals surface area contributed by atoms with E-state index in [2.05, 4.69) is 20.4 Å². The molecule has 8 heteroatoms. The van der Waals surface area contributed by atoms with Crippen molar-refractivity contribution in [3.63, 3.8) is 0 Å². The van der Waals surface area contributed by atoms with Gasteiger partial charge in [0.1, 0.15) is 11.6 Å². The van der Waals surface area contributed by atoms with E-state index in [9.17, 15) is 4.79 Å². The first-order valence-electron chi connectivity index (χ1n) is 10.7. The van der Waals surface area contributed by atoms with Crippen molar-refractivity contribution < 1.29 is 9.53 Å². The van der Waals surface area contributed by atoms with Gasteiger partial charge < -0.3 is 15.0 Å². The average Bonchev–Trinajstić information content (AvgIpc) is 3.28. The fourth-order valence-corrected chi connectivity index (χ4v) is 4.07. The van der Waals surface area contributed by atoms with E-state index in [-0.39, 0.29) is 11.8 Å². The van der Waals surface area contributed by atoms with Crippen LogP contribution in [-0.4, -0.2) is 45.9 Å². The standard InChI is InChI=1S/C24H24N6O2/c1-32-20-10-6-5-9-19(20)25-24(31)18-13-15-29(16-14-18)22-12-11-21-26-27-23(30(21)28-22)17-7-3-2-4-8-17/h2-12,18H,13-16H2,1H3,(H,25,31). The number of nitrogens with one attached hydrogen (secondary N) is 1. The molecule has 3 heterocycles. The quantitative estimate of drug-likeness (QED) is 0.522. The molecule has 0 aliphatic carbocycles. The molecule has 1 aliphatic rings. The Morgan fingerprint density at radius 1 is 0.969 bits per heavy atom. The number of hydrogen-bond donors (Lipinski definition) is 1. The fraction of sp³-hybridized carbons (Fsp3) is 0.250. The van der Waals surface area contributed by atoms with Crippen LogP contribution in [0.4, 0.5) is 11.5 Å². The first kappa shape index (κ1) is 20.0. The molecule has 8 nitrogen and oxygen atoms in total. The van der Waals surface area contributed by atoms with E-state index in [1.807, 2.05) is 66.7 Å². The van der Waals surface area contributed by atoms with Gasteiger partial charge in [0.25, 0.3) is 0 Å². The van der Waals surface area contributed by atoms with Crippen LogP contribution in [-0.2, 0) is 4.79 Å². The summed E-state index contributed by atoms with van der Waals surface area (Å²) >= 11 is 0. The molecule has 2 aromatic heterocycles. The molecule has 0 unspecified atom stereocenters. The highest BCUT2D eigenvalue weighted by atomic mass is 16.5. The third-order valence-electron chi connectivity index (χ3n) is 5.84. The van der Waals surface area contributed by atoms with E-state index >= 15 is 0 Å². The first-order valence-corrected chi connectivity index (χ1v) is 10.7. The Morgan fingerprint density at radius 2 is 1.72 bits per heavy atom. The van der Waals surface area contributed by atoms with Crippen molar-refractivity contribution >= 4 is 23.1 Å². The SMILES string of the molecule is COc1ccccc1NC(=O)C1CCN(c2ccc3nnc(-c4ccccc4)n3n2)CC1. The minimum atomic E-state index is -0.0466. The van der Waals surface area contributed by atoms with Gasteiger partial charge in [-0.15, -0.1) is 15.3 Å². The highest BCUT2D eigenvalue weighted by Crippen LogP contribution is 2.27. The summed E-state index contributed by atoms with van der Waals surface area (Å²) in [5.41, 5.74) is 2.38. The molecular formula is C24H24N6O2. The summed E-state index contributed by atoms with van der Waals surface area (Å²) in [4.78, 5) is 15.0. The Hall–Kier alpha value is -3.94. The summed E-state index contributed by atoms with van der Waals surface area (Å²) < 4.78 is 7.12. The molecule has 0 spiro atoms. The van der Waals surface area contributed by atoms with Crippen molar-refractivity contribution in [2.45, 2.75) is 12.8 Å². The third kappa shape index (κ3) is 3.87. The lowest BCUT2D eigenvalue weighted by atomic mass is 9.95. The van der Waals surface area contributed by atoms with Crippen LogP contribution >= 0.6 is 0 Å². The minimum absolute atomic E-state index is 0.0303. The van der Waals surface area contributed by atoms with Gasteiger partial charge in [-0.05, 0) is 37.1 Å². The lowest BCUT2D eigenvalue weighted by molar-refractivity contribution is -0.120. The number of amides is 1. The van der Waals surface area contributed by atoms with Crippen LogP contribution in [0.1, 0.15) is 12.8 Å². The maximum atomic E-state index is 12.8. The molecule has 0 atom stereocenters. The molecular weight excluding hydrogens is 404 g/mol. The zero-order valence-electron chi connectivity index (χ0n) is 17.8. The van der Waals surface area contributed by atoms with E-state index < -0.39 is 0 Å². The van der Waals surface area contributed by atoms with Crippen molar-refractivity contribution in [3.05, 3.63) is 66.7 Å². The second kappa shape index (κ2) is 8.66. The molecule has 0 bridgehead atoms. The smallest absolute Gasteiger partial charge is 0.227 e. The van der Waals surface area contributed by atoms with Crippen molar-refractivity contribution in [1.82, 2.24) is 19.8 Å². The number of carbonyl (C=O) groups is 1. The topological polar surface area (TPSA) is 84.6 Å². The van der Waals surface area contributed by atoms with E-state index in [1.165, 1.54) is 0 Å². The van der Waals surface area contributed by atoms with Crippen molar-refractivity contribution in [3.8, 4) is 17.1 Å². The summed E-state index contributed by atoms with van der Waals surface area (Å²) in [6.45, 7) is 1.51. The Bertz CT molecular complexity index is 1230. The molecule has 0 radical (unpaired) electrons. The van der Waals surface area contributed by atoms with Crippen LogP contribution in [0.2, 0.25) is 0 Å². The molecule has 4 aromatic rings. The molecule has 2 aromatic carbocycles. The molecule has 1 amide bonds. The second-order valence-corrected chi connectivity index (χ2v) is 7.80. The summed E-state index contributed by atoms with van der Waals surface area (Å²) in [5.74, 6) is 2.22. The monoisotopic (exact) mass is 428 g/mol. The maximum Gasteiger partial charge on any atom is 0.227 e. The molecule has 162 valence electrons. The largest absolute Gasteiger partial charge is 0.495 e. The van der Waals surface area contributed by atoms with E-state index in [0.717, 1.165) is 37.3 Å². The highest BCUT2D eigenvalue weighted by Gasteiger charge is 2.26. The van der Waals surface area contributed by atoms with Crippen molar-refractivity contribution in [2.24, 2.45) is 5.92 Å². The summed E-state index contributed by atoms with van der Waals surface area (Å²) in [6.07, 6.45) is 1.52. The van der Waals surface area contributed by atoms with Crippen LogP contribution in [0.25, 0.3) is 17.0 Å². The van der Waals surface area contributed by atoms with E-state index in [0.29, 0.717) is 22.9 Å². The number of nitrogens with zero attached hydrogens (tertiary/aromatic N) is 5. The van der Waals surface area contributed by atoms with Crippen LogP contribution < -0.4 is 15.0 Å². The molecule has 5 rings (SSSR count). The number of anilines is 2. The van der Waals surface area contributed by atoms with Gasteiger partial charge in [0.15, 0.2) is 11.5 Å². The van der Waals surface area contributed by atoms with Crippen LogP contribution in [0, 0.1) is 5.92 Å². The second-order valence-electron chi connectivity index (χ2n) is 7.80. The number of rotatable bonds is 5. The van der Waals surface area contributed by atoms with Gasteiger partial charge in [0.2, 0.25) is 5.91 Å². The molecule has 1 N–H and O–H groups in total. The number of methoxy groups -OCH3 is 1. The maximum absolute atomic E-state index is 12.8. The van der Waals surface area contributed by atoms with Gasteiger partial charge in [-0.1, -0.05) is 42.5 Å². The number of piperidine rings is 1. The molecule has 1 fully saturated rings. The average molecular weight is 428 g/mol. The van der Waals surface area contributed by atoms with Gasteiger partial charge in [0, 0.05) is 24.6 Å². The lowest BCUT2D eigenvalue weighted by Gasteiger charge is -2.32. The Morgan fingerprint density at radius 3 is 2.50 bits per heavy atom. The number of hydrogen-bond acceptors (Lipinski definition) is 6. The van der Waals surface area contributed by atoms with Crippen molar-refractivity contribution in [1.29, 1.82) is 0 Å². The van der Waals surface area contributed by atoms with Gasteiger partial charge in [0.05, 0.1) is 12.8 Å². The summed E-state index contributed by atoms with van der Waals surface area (Å²) in [6, 6.07) is 21.3. The Balaban J connectivity index is 1.28.